The molecular formula is C23H26N2O6. The van der Waals surface area contributed by atoms with Crippen LogP contribution in [-0.4, -0.2) is 40.6 Å². The predicted octanol–water partition coefficient (Wildman–Crippen LogP) is 2.64. The molecule has 1 aromatic heterocycles. The first-order valence-electron chi connectivity index (χ1n) is 10.7. The average molecular weight is 426 g/mol. The number of carboxylic acids is 1. The summed E-state index contributed by atoms with van der Waals surface area (Å²) < 4.78 is 11.9. The topological polar surface area (TPSA) is 113 Å². The molecule has 2 aromatic rings. The van der Waals surface area contributed by atoms with E-state index in [0.29, 0.717) is 29.4 Å². The molecule has 8 nitrogen and oxygen atoms in total. The fourth-order valence-corrected chi connectivity index (χ4v) is 4.55. The van der Waals surface area contributed by atoms with Gasteiger partial charge in [-0.05, 0) is 50.3 Å². The van der Waals surface area contributed by atoms with E-state index in [4.69, 9.17) is 9.47 Å². The molecule has 3 unspecified atom stereocenters. The molecule has 1 aliphatic heterocycles. The van der Waals surface area contributed by atoms with Gasteiger partial charge in [0.25, 0.3) is 0 Å². The Morgan fingerprint density at radius 3 is 2.74 bits per heavy atom. The molecule has 0 radical (unpaired) electrons. The molecule has 1 aliphatic carbocycles. The predicted molar refractivity (Wildman–Crippen MR) is 112 cm³/mol. The van der Waals surface area contributed by atoms with Crippen LogP contribution in [0.3, 0.4) is 0 Å². The van der Waals surface area contributed by atoms with Gasteiger partial charge in [-0.25, -0.2) is 0 Å². The lowest BCUT2D eigenvalue weighted by Crippen LogP contribution is -3.06. The molecule has 164 valence electrons. The summed E-state index contributed by atoms with van der Waals surface area (Å²) in [6, 6.07) is 5.62. The summed E-state index contributed by atoms with van der Waals surface area (Å²) in [4.78, 5) is 28.6. The number of carbonyl (C=O) groups is 2. The summed E-state index contributed by atoms with van der Waals surface area (Å²) in [6.07, 6.45) is 6.69. The third-order valence-electron chi connectivity index (χ3n) is 6.01. The number of aliphatic carboxylic acids is 1. The fraction of sp³-hybridized carbons (Fsp3) is 0.435. The Kier molecular flexibility index (Phi) is 6.20. The molecule has 1 saturated carbocycles. The maximum atomic E-state index is 13.0. The number of quaternary nitrogens is 1. The van der Waals surface area contributed by atoms with Gasteiger partial charge in [-0.2, -0.15) is 0 Å². The largest absolute Gasteiger partial charge is 0.628 e. The van der Waals surface area contributed by atoms with Crippen LogP contribution in [0.25, 0.3) is 0 Å². The first-order chi connectivity index (χ1) is 15.0. The second kappa shape index (κ2) is 9.03. The van der Waals surface area contributed by atoms with Crippen LogP contribution in [0, 0.1) is 5.21 Å². The van der Waals surface area contributed by atoms with Crippen molar-refractivity contribution < 1.29 is 29.2 Å². The van der Waals surface area contributed by atoms with Crippen molar-refractivity contribution in [3.05, 3.63) is 53.0 Å². The van der Waals surface area contributed by atoms with Crippen LogP contribution in [0.4, 0.5) is 5.69 Å². The van der Waals surface area contributed by atoms with Crippen molar-refractivity contribution in [2.75, 3.05) is 6.61 Å². The van der Waals surface area contributed by atoms with Gasteiger partial charge in [0.2, 0.25) is 5.78 Å². The second-order valence-electron chi connectivity index (χ2n) is 8.00. The van der Waals surface area contributed by atoms with E-state index in [2.05, 4.69) is 4.98 Å². The molecule has 0 bridgehead atoms. The number of ether oxygens (including phenoxy) is 2. The van der Waals surface area contributed by atoms with E-state index >= 15 is 0 Å². The second-order valence-corrected chi connectivity index (χ2v) is 8.00. The van der Waals surface area contributed by atoms with Crippen molar-refractivity contribution >= 4 is 17.4 Å². The zero-order valence-corrected chi connectivity index (χ0v) is 17.4. The summed E-state index contributed by atoms with van der Waals surface area (Å²) in [5.41, 5.74) is 1.13. The zero-order valence-electron chi connectivity index (χ0n) is 17.4. The Balaban J connectivity index is 1.71. The minimum absolute atomic E-state index is 0.0810. The number of hydroxylamine groups is 1. The minimum atomic E-state index is -1.09. The molecule has 31 heavy (non-hydrogen) atoms. The fourth-order valence-electron chi connectivity index (χ4n) is 4.55. The van der Waals surface area contributed by atoms with E-state index in [-0.39, 0.29) is 28.9 Å². The average Bonchev–Trinajstić information content (AvgIpc) is 3.35. The van der Waals surface area contributed by atoms with Crippen LogP contribution < -0.4 is 14.5 Å². The maximum absolute atomic E-state index is 13.0. The number of nitrogens with one attached hydrogen (secondary N) is 1. The van der Waals surface area contributed by atoms with E-state index < -0.39 is 17.9 Å². The van der Waals surface area contributed by atoms with Crippen molar-refractivity contribution in [2.45, 2.75) is 57.1 Å². The van der Waals surface area contributed by atoms with Gasteiger partial charge in [-0.15, -0.1) is 0 Å². The normalized spacial score (nSPS) is 21.7. The van der Waals surface area contributed by atoms with E-state index in [1.807, 2.05) is 6.92 Å². The Hall–Kier alpha value is -2.97. The summed E-state index contributed by atoms with van der Waals surface area (Å²) in [7, 11) is 0. The molecule has 2 N–H and O–H groups in total. The first kappa shape index (κ1) is 21.3. The molecule has 8 heteroatoms. The first-order valence-corrected chi connectivity index (χ1v) is 10.7. The van der Waals surface area contributed by atoms with Crippen LogP contribution in [-0.2, 0) is 4.79 Å². The molecule has 1 aromatic carbocycles. The van der Waals surface area contributed by atoms with Gasteiger partial charge in [0.1, 0.15) is 11.3 Å². The van der Waals surface area contributed by atoms with Crippen LogP contribution in [0.1, 0.15) is 60.9 Å². The highest BCUT2D eigenvalue weighted by Crippen LogP contribution is 2.37. The van der Waals surface area contributed by atoms with Gasteiger partial charge >= 0.3 is 5.97 Å². The number of aromatic nitrogens is 1. The number of rotatable bonds is 8. The lowest BCUT2D eigenvalue weighted by Gasteiger charge is -2.30. The molecule has 2 heterocycles. The number of Topliss-reactive ketones (excluding diaryl/α,β-unsaturated/α-hetero) is 1. The maximum Gasteiger partial charge on any atom is 0.304 e. The molecule has 1 fully saturated rings. The van der Waals surface area contributed by atoms with Gasteiger partial charge in [0.05, 0.1) is 25.0 Å². The highest BCUT2D eigenvalue weighted by Gasteiger charge is 2.45. The van der Waals surface area contributed by atoms with Crippen molar-refractivity contribution in [3.8, 4) is 11.5 Å². The molecule has 0 amide bonds. The van der Waals surface area contributed by atoms with Crippen LogP contribution in [0.15, 0.2) is 36.7 Å². The Morgan fingerprint density at radius 1 is 1.29 bits per heavy atom. The zero-order chi connectivity index (χ0) is 22.0. The van der Waals surface area contributed by atoms with Crippen molar-refractivity contribution in [1.29, 1.82) is 0 Å². The Labute approximate surface area is 180 Å². The summed E-state index contributed by atoms with van der Waals surface area (Å²) in [5.74, 6) is -1.17. The molecule has 2 aliphatic rings. The van der Waals surface area contributed by atoms with Crippen molar-refractivity contribution in [2.24, 2.45) is 0 Å². The molecule has 0 saturated heterocycles. The number of carbonyl (C=O) groups excluding carboxylic acids is 1. The summed E-state index contributed by atoms with van der Waals surface area (Å²) in [6.45, 7) is 2.34. The Morgan fingerprint density at radius 2 is 2.06 bits per heavy atom. The van der Waals surface area contributed by atoms with Gasteiger partial charge in [-0.3, -0.25) is 14.6 Å². The van der Waals surface area contributed by atoms with E-state index in [1.54, 1.807) is 18.2 Å². The van der Waals surface area contributed by atoms with Gasteiger partial charge in [0, 0.05) is 18.5 Å². The highest BCUT2D eigenvalue weighted by molar-refractivity contribution is 6.05. The highest BCUT2D eigenvalue weighted by atomic mass is 16.5. The number of pyridine rings is 1. The number of hydrogen-bond acceptors (Lipinski definition) is 6. The molecule has 4 rings (SSSR count). The van der Waals surface area contributed by atoms with Gasteiger partial charge in [-0.1, -0.05) is 6.07 Å². The molecular weight excluding hydrogens is 400 g/mol. The quantitative estimate of drug-likeness (QED) is 0.624. The van der Waals surface area contributed by atoms with Crippen molar-refractivity contribution in [1.82, 2.24) is 4.98 Å². The standard InChI is InChI=1S/C23H26N2O6/c1-2-30-19-8-7-14(11-20(19)31-15-5-3-4-6-15)16(12-21(26)27)22-23(28)17-13-24-10-9-18(17)25(22)29/h7-11,13,15-16,22,25H,2-6,12H2,1H3,(H,26,27). The number of hydrogen-bond donors (Lipinski definition) is 2. The van der Waals surface area contributed by atoms with Gasteiger partial charge < -0.3 is 24.9 Å². The summed E-state index contributed by atoms with van der Waals surface area (Å²) >= 11 is 0. The molecule has 3 atom stereocenters. The number of nitrogens with zero attached hydrogens (tertiary/aromatic N) is 1. The SMILES string of the molecule is CCOc1ccc(C(CC(=O)O)C2C(=O)c3cnccc3[NH+]2[O-])cc1OC1CCCC1. The number of ketones is 1. The lowest BCUT2D eigenvalue weighted by molar-refractivity contribution is -0.792. The third-order valence-corrected chi connectivity index (χ3v) is 6.01. The molecule has 0 spiro atoms. The van der Waals surface area contributed by atoms with Crippen molar-refractivity contribution in [3.63, 3.8) is 0 Å². The smallest absolute Gasteiger partial charge is 0.304 e. The van der Waals surface area contributed by atoms with Crippen LogP contribution in [0.2, 0.25) is 0 Å². The van der Waals surface area contributed by atoms with E-state index in [1.165, 1.54) is 18.5 Å². The Bertz CT molecular complexity index is 972. The van der Waals surface area contributed by atoms with Gasteiger partial charge in [0.15, 0.2) is 17.5 Å². The van der Waals surface area contributed by atoms with E-state index in [9.17, 15) is 19.9 Å². The minimum Gasteiger partial charge on any atom is -0.628 e. The van der Waals surface area contributed by atoms with E-state index in [0.717, 1.165) is 25.7 Å². The van der Waals surface area contributed by atoms with Crippen LogP contribution >= 0.6 is 0 Å². The number of benzene rings is 1. The lowest BCUT2D eigenvalue weighted by atomic mass is 9.86. The third kappa shape index (κ3) is 4.26. The number of carboxylic acid groups (broad SMARTS) is 1. The summed E-state index contributed by atoms with van der Waals surface area (Å²) in [5, 5.41) is 22.2. The number of fused-ring (bicyclic) bond motifs is 1. The van der Waals surface area contributed by atoms with Crippen LogP contribution in [0.5, 0.6) is 11.5 Å². The monoisotopic (exact) mass is 426 g/mol.